The van der Waals surface area contributed by atoms with Crippen molar-refractivity contribution in [1.29, 1.82) is 0 Å². The number of nitrogens with one attached hydrogen (secondary N) is 2. The summed E-state index contributed by atoms with van der Waals surface area (Å²) < 4.78 is 0. The number of aliphatic hydroxyl groups is 1. The fourth-order valence-electron chi connectivity index (χ4n) is 3.38. The molecule has 0 spiro atoms. The Labute approximate surface area is 168 Å². The topological polar surface area (TPSA) is 82.2 Å². The summed E-state index contributed by atoms with van der Waals surface area (Å²) in [7, 11) is 0. The average molecular weight is 384 g/mol. The summed E-state index contributed by atoms with van der Waals surface area (Å²) in [5.74, 6) is -1.29. The number of aliphatic hydroxyl groups excluding tert-OH is 1. The molecule has 3 aromatic carbocycles. The summed E-state index contributed by atoms with van der Waals surface area (Å²) in [6.07, 6.45) is 0.545. The third-order valence-electron chi connectivity index (χ3n) is 4.81. The van der Waals surface area contributed by atoms with Crippen LogP contribution < -0.4 is 5.32 Å². The lowest BCUT2D eigenvalue weighted by atomic mass is 10.0. The maximum Gasteiger partial charge on any atom is 0.296 e. The zero-order chi connectivity index (χ0) is 20.2. The van der Waals surface area contributed by atoms with Crippen molar-refractivity contribution in [3.05, 3.63) is 90.0 Å². The van der Waals surface area contributed by atoms with Gasteiger partial charge in [0.1, 0.15) is 0 Å². The molecular weight excluding hydrogens is 364 g/mol. The minimum atomic E-state index is -0.693. The molecule has 0 saturated heterocycles. The summed E-state index contributed by atoms with van der Waals surface area (Å²) in [4.78, 5) is 29.1. The maximum atomic E-state index is 13.1. The minimum absolute atomic E-state index is 0.0625. The van der Waals surface area contributed by atoms with E-state index in [-0.39, 0.29) is 6.61 Å². The number of Topliss-reactive ketones (excluding diaryl/α,β-unsaturated/α-hetero) is 1. The molecule has 0 aliphatic heterocycles. The average Bonchev–Trinajstić information content (AvgIpc) is 3.15. The van der Waals surface area contributed by atoms with Gasteiger partial charge in [-0.25, -0.2) is 0 Å². The molecule has 0 bridgehead atoms. The third-order valence-corrected chi connectivity index (χ3v) is 4.81. The number of hydrogen-bond donors (Lipinski definition) is 3. The van der Waals surface area contributed by atoms with E-state index in [1.54, 1.807) is 12.1 Å². The van der Waals surface area contributed by atoms with Gasteiger partial charge in [0, 0.05) is 23.2 Å². The number of fused-ring (bicyclic) bond motifs is 1. The molecule has 144 valence electrons. The predicted molar refractivity (Wildman–Crippen MR) is 114 cm³/mol. The van der Waals surface area contributed by atoms with Crippen LogP contribution in [0.2, 0.25) is 0 Å². The maximum absolute atomic E-state index is 13.1. The number of aromatic nitrogens is 1. The number of carbonyl (C=O) groups excluding carboxylic acids is 2. The number of carbonyl (C=O) groups is 2. The van der Waals surface area contributed by atoms with Gasteiger partial charge in [-0.2, -0.15) is 0 Å². The molecule has 0 aliphatic carbocycles. The van der Waals surface area contributed by atoms with E-state index in [2.05, 4.69) is 10.3 Å². The van der Waals surface area contributed by atoms with E-state index in [0.29, 0.717) is 28.8 Å². The highest BCUT2D eigenvalue weighted by Gasteiger charge is 2.25. The molecule has 3 N–H and O–H groups in total. The first-order valence-corrected chi connectivity index (χ1v) is 9.39. The predicted octanol–water partition coefficient (Wildman–Crippen LogP) is 4.19. The Kier molecular flexibility index (Phi) is 5.22. The van der Waals surface area contributed by atoms with Crippen molar-refractivity contribution in [3.8, 4) is 11.3 Å². The number of benzene rings is 3. The first-order valence-electron chi connectivity index (χ1n) is 9.39. The van der Waals surface area contributed by atoms with Crippen LogP contribution in [0.15, 0.2) is 78.9 Å². The normalized spacial score (nSPS) is 10.8. The van der Waals surface area contributed by atoms with Crippen molar-refractivity contribution < 1.29 is 14.7 Å². The van der Waals surface area contributed by atoms with Crippen LogP contribution in [0.5, 0.6) is 0 Å². The second-order valence-electron chi connectivity index (χ2n) is 6.74. The number of anilines is 1. The van der Waals surface area contributed by atoms with Crippen LogP contribution in [-0.4, -0.2) is 28.4 Å². The first kappa shape index (κ1) is 18.7. The molecule has 1 amide bonds. The summed E-state index contributed by atoms with van der Waals surface area (Å²) >= 11 is 0. The van der Waals surface area contributed by atoms with Crippen LogP contribution in [0.25, 0.3) is 22.2 Å². The van der Waals surface area contributed by atoms with E-state index in [9.17, 15) is 9.59 Å². The van der Waals surface area contributed by atoms with E-state index in [1.807, 2.05) is 66.7 Å². The van der Waals surface area contributed by atoms with Crippen molar-refractivity contribution >= 4 is 28.3 Å². The summed E-state index contributed by atoms with van der Waals surface area (Å²) in [5.41, 5.74) is 4.13. The number of amides is 1. The molecule has 4 aromatic rings. The molecule has 5 heteroatoms. The van der Waals surface area contributed by atoms with Crippen LogP contribution in [0.4, 0.5) is 5.69 Å². The Balaban J connectivity index is 1.68. The number of rotatable bonds is 6. The lowest BCUT2D eigenvalue weighted by Gasteiger charge is -2.07. The van der Waals surface area contributed by atoms with Crippen molar-refractivity contribution in [3.63, 3.8) is 0 Å². The van der Waals surface area contributed by atoms with Gasteiger partial charge in [-0.1, -0.05) is 60.7 Å². The monoisotopic (exact) mass is 384 g/mol. The van der Waals surface area contributed by atoms with Crippen molar-refractivity contribution in [2.24, 2.45) is 0 Å². The number of H-pyrrole nitrogens is 1. The molecular formula is C24H20N2O3. The van der Waals surface area contributed by atoms with Crippen molar-refractivity contribution in [2.45, 2.75) is 6.42 Å². The van der Waals surface area contributed by atoms with Crippen LogP contribution >= 0.6 is 0 Å². The Morgan fingerprint density at radius 2 is 1.55 bits per heavy atom. The number of hydrogen-bond acceptors (Lipinski definition) is 3. The first-order chi connectivity index (χ1) is 14.2. The van der Waals surface area contributed by atoms with Gasteiger partial charge in [0.25, 0.3) is 11.7 Å². The molecule has 29 heavy (non-hydrogen) atoms. The van der Waals surface area contributed by atoms with E-state index in [0.717, 1.165) is 16.6 Å². The van der Waals surface area contributed by atoms with E-state index >= 15 is 0 Å². The molecule has 1 aromatic heterocycles. The number of aromatic amines is 1. The SMILES string of the molecule is O=C(Nc1ccc(CCO)cc1)C(=O)c1c(-c2ccccc2)[nH]c2ccccc12. The zero-order valence-corrected chi connectivity index (χ0v) is 15.7. The highest BCUT2D eigenvalue weighted by molar-refractivity contribution is 6.49. The number of ketones is 1. The van der Waals surface area contributed by atoms with Crippen LogP contribution in [0.3, 0.4) is 0 Å². The smallest absolute Gasteiger partial charge is 0.296 e. The van der Waals surface area contributed by atoms with Gasteiger partial charge in [-0.15, -0.1) is 0 Å². The van der Waals surface area contributed by atoms with Gasteiger partial charge in [-0.3, -0.25) is 9.59 Å². The second kappa shape index (κ2) is 8.12. The Hall–Kier alpha value is -3.70. The quantitative estimate of drug-likeness (QED) is 0.344. The van der Waals surface area contributed by atoms with E-state index in [4.69, 9.17) is 5.11 Å². The Bertz CT molecular complexity index is 1160. The highest BCUT2D eigenvalue weighted by atomic mass is 16.3. The van der Waals surface area contributed by atoms with Crippen LogP contribution in [0, 0.1) is 0 Å². The molecule has 0 saturated carbocycles. The molecule has 5 nitrogen and oxygen atoms in total. The Morgan fingerprint density at radius 1 is 0.862 bits per heavy atom. The largest absolute Gasteiger partial charge is 0.396 e. The van der Waals surface area contributed by atoms with Gasteiger partial charge >= 0.3 is 0 Å². The van der Waals surface area contributed by atoms with E-state index < -0.39 is 11.7 Å². The summed E-state index contributed by atoms with van der Waals surface area (Å²) in [6, 6.07) is 24.0. The molecule has 0 aliphatic rings. The second-order valence-corrected chi connectivity index (χ2v) is 6.74. The van der Waals surface area contributed by atoms with Crippen molar-refractivity contribution in [2.75, 3.05) is 11.9 Å². The molecule has 4 rings (SSSR count). The van der Waals surface area contributed by atoms with Gasteiger partial charge in [-0.05, 0) is 35.7 Å². The van der Waals surface area contributed by atoms with E-state index in [1.165, 1.54) is 0 Å². The molecule has 0 unspecified atom stereocenters. The van der Waals surface area contributed by atoms with Gasteiger partial charge < -0.3 is 15.4 Å². The molecule has 0 radical (unpaired) electrons. The van der Waals surface area contributed by atoms with Gasteiger partial charge in [0.2, 0.25) is 0 Å². The number of para-hydroxylation sites is 1. The zero-order valence-electron chi connectivity index (χ0n) is 15.7. The van der Waals surface area contributed by atoms with Gasteiger partial charge in [0.05, 0.1) is 11.3 Å². The Morgan fingerprint density at radius 3 is 2.28 bits per heavy atom. The fraction of sp³-hybridized carbons (Fsp3) is 0.0833. The highest BCUT2D eigenvalue weighted by Crippen LogP contribution is 2.31. The minimum Gasteiger partial charge on any atom is -0.396 e. The lowest BCUT2D eigenvalue weighted by Crippen LogP contribution is -2.23. The molecule has 0 fully saturated rings. The fourth-order valence-corrected chi connectivity index (χ4v) is 3.38. The lowest BCUT2D eigenvalue weighted by molar-refractivity contribution is -0.112. The standard InChI is InChI=1S/C24H20N2O3/c27-15-14-16-10-12-18(13-11-16)25-24(29)23(28)21-19-8-4-5-9-20(19)26-22(21)17-6-2-1-3-7-17/h1-13,26-27H,14-15H2,(H,25,29). The van der Waals surface area contributed by atoms with Crippen molar-refractivity contribution in [1.82, 2.24) is 4.98 Å². The van der Waals surface area contributed by atoms with Crippen LogP contribution in [0.1, 0.15) is 15.9 Å². The summed E-state index contributed by atoms with van der Waals surface area (Å²) in [5, 5.41) is 12.4. The molecule has 0 atom stereocenters. The van der Waals surface area contributed by atoms with Crippen LogP contribution in [-0.2, 0) is 11.2 Å². The van der Waals surface area contributed by atoms with Gasteiger partial charge in [0.15, 0.2) is 0 Å². The molecule has 1 heterocycles. The third kappa shape index (κ3) is 3.81. The summed E-state index contributed by atoms with van der Waals surface area (Å²) in [6.45, 7) is 0.0625.